The molecule has 1 aromatic rings. The number of nitrogens with zero attached hydrogens (tertiary/aromatic N) is 2. The standard InChI is InChI=1S/C13H19N3O2/c1-18-8-6-14-9-13(17)16-7-4-12-11(10-16)3-2-5-15-12/h2-3,5,14H,4,6-10H2,1H3. The van der Waals surface area contributed by atoms with Gasteiger partial charge in [-0.3, -0.25) is 9.78 Å². The first-order valence-corrected chi connectivity index (χ1v) is 6.21. The molecule has 0 fully saturated rings. The van der Waals surface area contributed by atoms with E-state index in [4.69, 9.17) is 4.74 Å². The number of aromatic nitrogens is 1. The van der Waals surface area contributed by atoms with Gasteiger partial charge in [0.05, 0.1) is 13.2 Å². The van der Waals surface area contributed by atoms with Crippen molar-refractivity contribution in [3.05, 3.63) is 29.6 Å². The van der Waals surface area contributed by atoms with Crippen molar-refractivity contribution in [1.82, 2.24) is 15.2 Å². The second kappa shape index (κ2) is 6.47. The van der Waals surface area contributed by atoms with Crippen molar-refractivity contribution >= 4 is 5.91 Å². The summed E-state index contributed by atoms with van der Waals surface area (Å²) in [6, 6.07) is 3.96. The minimum absolute atomic E-state index is 0.139. The average molecular weight is 249 g/mol. The van der Waals surface area contributed by atoms with Crippen LogP contribution >= 0.6 is 0 Å². The third-order valence-corrected chi connectivity index (χ3v) is 3.08. The van der Waals surface area contributed by atoms with Gasteiger partial charge in [-0.25, -0.2) is 0 Å². The van der Waals surface area contributed by atoms with Gasteiger partial charge in [0.15, 0.2) is 0 Å². The summed E-state index contributed by atoms with van der Waals surface area (Å²) >= 11 is 0. The van der Waals surface area contributed by atoms with Gasteiger partial charge in [0.25, 0.3) is 0 Å². The molecular formula is C13H19N3O2. The Morgan fingerprint density at radius 2 is 2.50 bits per heavy atom. The zero-order valence-electron chi connectivity index (χ0n) is 10.7. The summed E-state index contributed by atoms with van der Waals surface area (Å²) < 4.78 is 4.92. The molecule has 0 saturated heterocycles. The molecule has 1 aliphatic rings. The van der Waals surface area contributed by atoms with Crippen molar-refractivity contribution in [2.24, 2.45) is 0 Å². The van der Waals surface area contributed by atoms with Crippen molar-refractivity contribution in [1.29, 1.82) is 0 Å². The van der Waals surface area contributed by atoms with Gasteiger partial charge in [-0.05, 0) is 11.6 Å². The summed E-state index contributed by atoms with van der Waals surface area (Å²) in [6.07, 6.45) is 2.66. The SMILES string of the molecule is COCCNCC(=O)N1CCc2ncccc2C1. The fourth-order valence-corrected chi connectivity index (χ4v) is 2.06. The normalized spacial score (nSPS) is 14.4. The van der Waals surface area contributed by atoms with Crippen LogP contribution in [0.5, 0.6) is 0 Å². The van der Waals surface area contributed by atoms with E-state index in [1.54, 1.807) is 7.11 Å². The Hall–Kier alpha value is -1.46. The van der Waals surface area contributed by atoms with Crippen LogP contribution in [-0.2, 0) is 22.5 Å². The largest absolute Gasteiger partial charge is 0.383 e. The van der Waals surface area contributed by atoms with Crippen LogP contribution in [0, 0.1) is 0 Å². The van der Waals surface area contributed by atoms with Crippen molar-refractivity contribution in [2.75, 3.05) is 33.4 Å². The van der Waals surface area contributed by atoms with Crippen LogP contribution in [0.2, 0.25) is 0 Å². The summed E-state index contributed by atoms with van der Waals surface area (Å²) in [5, 5.41) is 3.08. The molecule has 0 aliphatic carbocycles. The molecule has 5 heteroatoms. The Bertz CT molecular complexity index is 409. The fourth-order valence-electron chi connectivity index (χ4n) is 2.06. The van der Waals surface area contributed by atoms with Crippen LogP contribution < -0.4 is 5.32 Å². The lowest BCUT2D eigenvalue weighted by molar-refractivity contribution is -0.131. The third kappa shape index (κ3) is 3.27. The number of fused-ring (bicyclic) bond motifs is 1. The Morgan fingerprint density at radius 1 is 1.61 bits per heavy atom. The van der Waals surface area contributed by atoms with E-state index in [9.17, 15) is 4.79 Å². The molecule has 0 radical (unpaired) electrons. The van der Waals surface area contributed by atoms with Crippen LogP contribution in [0.15, 0.2) is 18.3 Å². The van der Waals surface area contributed by atoms with Gasteiger partial charge in [-0.1, -0.05) is 6.07 Å². The molecule has 1 aromatic heterocycles. The molecule has 0 unspecified atom stereocenters. The summed E-state index contributed by atoms with van der Waals surface area (Å²) in [4.78, 5) is 18.2. The predicted octanol–water partition coefficient (Wildman–Crippen LogP) is 0.202. The van der Waals surface area contributed by atoms with E-state index in [-0.39, 0.29) is 5.91 Å². The Labute approximate surface area is 107 Å². The topological polar surface area (TPSA) is 54.5 Å². The molecule has 0 saturated carbocycles. The van der Waals surface area contributed by atoms with Crippen LogP contribution in [0.1, 0.15) is 11.3 Å². The monoisotopic (exact) mass is 249 g/mol. The molecular weight excluding hydrogens is 230 g/mol. The minimum atomic E-state index is 0.139. The van der Waals surface area contributed by atoms with E-state index < -0.39 is 0 Å². The van der Waals surface area contributed by atoms with Crippen LogP contribution in [-0.4, -0.2) is 49.1 Å². The number of amides is 1. The van der Waals surface area contributed by atoms with Crippen molar-refractivity contribution in [3.63, 3.8) is 0 Å². The van der Waals surface area contributed by atoms with Gasteiger partial charge >= 0.3 is 0 Å². The van der Waals surface area contributed by atoms with Crippen LogP contribution in [0.4, 0.5) is 0 Å². The quantitative estimate of drug-likeness (QED) is 0.758. The number of rotatable bonds is 5. The Balaban J connectivity index is 1.83. The number of nitrogens with one attached hydrogen (secondary N) is 1. The van der Waals surface area contributed by atoms with Crippen LogP contribution in [0.25, 0.3) is 0 Å². The second-order valence-corrected chi connectivity index (χ2v) is 4.34. The maximum Gasteiger partial charge on any atom is 0.236 e. The van der Waals surface area contributed by atoms with E-state index in [0.717, 1.165) is 24.2 Å². The number of ether oxygens (including phenoxy) is 1. The summed E-state index contributed by atoms with van der Waals surface area (Å²) in [5.74, 6) is 0.139. The second-order valence-electron chi connectivity index (χ2n) is 4.34. The zero-order chi connectivity index (χ0) is 12.8. The molecule has 2 heterocycles. The van der Waals surface area contributed by atoms with E-state index in [1.165, 1.54) is 0 Å². The highest BCUT2D eigenvalue weighted by molar-refractivity contribution is 5.78. The van der Waals surface area contributed by atoms with Gasteiger partial charge in [0.2, 0.25) is 5.91 Å². The molecule has 18 heavy (non-hydrogen) atoms. The molecule has 0 spiro atoms. The highest BCUT2D eigenvalue weighted by Crippen LogP contribution is 2.15. The van der Waals surface area contributed by atoms with E-state index in [2.05, 4.69) is 10.3 Å². The van der Waals surface area contributed by atoms with E-state index in [0.29, 0.717) is 26.2 Å². The summed E-state index contributed by atoms with van der Waals surface area (Å²) in [6.45, 7) is 3.13. The lowest BCUT2D eigenvalue weighted by atomic mass is 10.1. The molecule has 1 N–H and O–H groups in total. The molecule has 98 valence electrons. The lowest BCUT2D eigenvalue weighted by Gasteiger charge is -2.28. The maximum absolute atomic E-state index is 12.0. The van der Waals surface area contributed by atoms with E-state index >= 15 is 0 Å². The fraction of sp³-hybridized carbons (Fsp3) is 0.538. The van der Waals surface area contributed by atoms with Gasteiger partial charge < -0.3 is 15.0 Å². The highest BCUT2D eigenvalue weighted by Gasteiger charge is 2.20. The first-order chi connectivity index (χ1) is 8.81. The third-order valence-electron chi connectivity index (χ3n) is 3.08. The van der Waals surface area contributed by atoms with Gasteiger partial charge in [0.1, 0.15) is 0 Å². The van der Waals surface area contributed by atoms with Gasteiger partial charge in [-0.2, -0.15) is 0 Å². The highest BCUT2D eigenvalue weighted by atomic mass is 16.5. The number of hydrogen-bond acceptors (Lipinski definition) is 4. The van der Waals surface area contributed by atoms with Gasteiger partial charge in [0, 0.05) is 45.1 Å². The zero-order valence-corrected chi connectivity index (χ0v) is 10.7. The smallest absolute Gasteiger partial charge is 0.236 e. The van der Waals surface area contributed by atoms with E-state index in [1.807, 2.05) is 23.2 Å². The van der Waals surface area contributed by atoms with Crippen LogP contribution in [0.3, 0.4) is 0 Å². The summed E-state index contributed by atoms with van der Waals surface area (Å²) in [5.41, 5.74) is 2.28. The van der Waals surface area contributed by atoms with Crippen molar-refractivity contribution in [3.8, 4) is 0 Å². The number of pyridine rings is 1. The maximum atomic E-state index is 12.0. The average Bonchev–Trinajstić information content (AvgIpc) is 2.43. The predicted molar refractivity (Wildman–Crippen MR) is 68.1 cm³/mol. The number of carbonyl (C=O) groups is 1. The first-order valence-electron chi connectivity index (χ1n) is 6.21. The Kier molecular flexibility index (Phi) is 4.66. The van der Waals surface area contributed by atoms with Gasteiger partial charge in [-0.15, -0.1) is 0 Å². The molecule has 0 atom stereocenters. The molecule has 0 aromatic carbocycles. The molecule has 1 amide bonds. The van der Waals surface area contributed by atoms with Crippen molar-refractivity contribution in [2.45, 2.75) is 13.0 Å². The Morgan fingerprint density at radius 3 is 3.33 bits per heavy atom. The summed E-state index contributed by atoms with van der Waals surface area (Å²) in [7, 11) is 1.65. The first kappa shape index (κ1) is 13.0. The molecule has 0 bridgehead atoms. The number of hydrogen-bond donors (Lipinski definition) is 1. The number of methoxy groups -OCH3 is 1. The van der Waals surface area contributed by atoms with Crippen molar-refractivity contribution < 1.29 is 9.53 Å². The minimum Gasteiger partial charge on any atom is -0.383 e. The molecule has 2 rings (SSSR count). The molecule has 5 nitrogen and oxygen atoms in total. The molecule has 1 aliphatic heterocycles. The lowest BCUT2D eigenvalue weighted by Crippen LogP contribution is -2.41. The number of carbonyl (C=O) groups excluding carboxylic acids is 1.